The van der Waals surface area contributed by atoms with Crippen LogP contribution in [-0.4, -0.2) is 31.3 Å². The number of sulfonamides is 1. The maximum atomic E-state index is 11.8. The smallest absolute Gasteiger partial charge is 0.217 e. The molecule has 0 spiro atoms. The zero-order valence-electron chi connectivity index (χ0n) is 10.2. The van der Waals surface area contributed by atoms with E-state index >= 15 is 0 Å². The van der Waals surface area contributed by atoms with Crippen LogP contribution in [0.2, 0.25) is 0 Å². The van der Waals surface area contributed by atoms with Crippen LogP contribution in [0.1, 0.15) is 25.3 Å². The number of nitrogens with zero attached hydrogens (tertiary/aromatic N) is 1. The van der Waals surface area contributed by atoms with Crippen LogP contribution >= 0.6 is 0 Å². The molecule has 17 heavy (non-hydrogen) atoms. The van der Waals surface area contributed by atoms with E-state index in [9.17, 15) is 8.42 Å². The highest BCUT2D eigenvalue weighted by Gasteiger charge is 2.20. The summed E-state index contributed by atoms with van der Waals surface area (Å²) in [6.07, 6.45) is 0. The van der Waals surface area contributed by atoms with E-state index in [2.05, 4.69) is 9.88 Å². The molecule has 2 N–H and O–H groups in total. The second-order valence-electron chi connectivity index (χ2n) is 4.25. The number of aryl methyl sites for hydroxylation is 1. The number of nitrogens with one attached hydrogen (secondary N) is 1. The Balaban J connectivity index is 2.63. The van der Waals surface area contributed by atoms with Gasteiger partial charge >= 0.3 is 0 Å². The monoisotopic (exact) mass is 262 g/mol. The van der Waals surface area contributed by atoms with Crippen LogP contribution in [0.25, 0.3) is 0 Å². The molecule has 1 aromatic rings. The SMILES string of the molecule is Cc1cc(CS(=O)(=O)NC(C)C(C)CO)no1. The highest BCUT2D eigenvalue weighted by Crippen LogP contribution is 2.08. The Labute approximate surface area is 101 Å². The van der Waals surface area contributed by atoms with Gasteiger partial charge in [-0.25, -0.2) is 13.1 Å². The first kappa shape index (κ1) is 14.1. The third kappa shape index (κ3) is 4.45. The lowest BCUT2D eigenvalue weighted by Gasteiger charge is -2.18. The maximum absolute atomic E-state index is 11.8. The molecular weight excluding hydrogens is 244 g/mol. The molecule has 1 rings (SSSR count). The van der Waals surface area contributed by atoms with Gasteiger partial charge in [0.15, 0.2) is 0 Å². The first-order chi connectivity index (χ1) is 7.84. The van der Waals surface area contributed by atoms with Gasteiger partial charge in [-0.1, -0.05) is 12.1 Å². The van der Waals surface area contributed by atoms with Gasteiger partial charge in [0.05, 0.1) is 0 Å². The molecule has 1 heterocycles. The van der Waals surface area contributed by atoms with Crippen LogP contribution in [0, 0.1) is 12.8 Å². The molecule has 0 radical (unpaired) electrons. The van der Waals surface area contributed by atoms with Gasteiger partial charge in [0.25, 0.3) is 0 Å². The molecule has 98 valence electrons. The van der Waals surface area contributed by atoms with E-state index in [0.29, 0.717) is 11.5 Å². The first-order valence-electron chi connectivity index (χ1n) is 5.37. The van der Waals surface area contributed by atoms with Gasteiger partial charge < -0.3 is 9.63 Å². The lowest BCUT2D eigenvalue weighted by Crippen LogP contribution is -2.38. The summed E-state index contributed by atoms with van der Waals surface area (Å²) in [4.78, 5) is 0. The molecule has 7 heteroatoms. The summed E-state index contributed by atoms with van der Waals surface area (Å²) >= 11 is 0. The van der Waals surface area contributed by atoms with Gasteiger partial charge in [-0.15, -0.1) is 0 Å². The first-order valence-corrected chi connectivity index (χ1v) is 7.02. The molecule has 0 bridgehead atoms. The van der Waals surface area contributed by atoms with Crippen molar-refractivity contribution in [2.75, 3.05) is 6.61 Å². The van der Waals surface area contributed by atoms with E-state index in [4.69, 9.17) is 9.63 Å². The predicted molar refractivity (Wildman–Crippen MR) is 62.7 cm³/mol. The van der Waals surface area contributed by atoms with Crippen molar-refractivity contribution >= 4 is 10.0 Å². The Kier molecular flexibility index (Phi) is 4.67. The molecule has 0 aliphatic carbocycles. The minimum absolute atomic E-state index is 0.0627. The van der Waals surface area contributed by atoms with Gasteiger partial charge in [0.1, 0.15) is 17.2 Å². The van der Waals surface area contributed by atoms with Gasteiger partial charge in [-0.05, 0) is 19.8 Å². The Hall–Kier alpha value is -0.920. The van der Waals surface area contributed by atoms with Crippen molar-refractivity contribution < 1.29 is 18.0 Å². The summed E-state index contributed by atoms with van der Waals surface area (Å²) in [5.74, 6) is 0.225. The van der Waals surface area contributed by atoms with Crippen molar-refractivity contribution in [1.82, 2.24) is 9.88 Å². The summed E-state index contributed by atoms with van der Waals surface area (Å²) < 4.78 is 30.8. The molecule has 0 fully saturated rings. The number of aliphatic hydroxyl groups excluding tert-OH is 1. The number of aliphatic hydroxyl groups is 1. The lowest BCUT2D eigenvalue weighted by molar-refractivity contribution is 0.216. The lowest BCUT2D eigenvalue weighted by atomic mass is 10.1. The highest BCUT2D eigenvalue weighted by atomic mass is 32.2. The van der Waals surface area contributed by atoms with Crippen molar-refractivity contribution in [2.45, 2.75) is 32.6 Å². The maximum Gasteiger partial charge on any atom is 0.217 e. The fraction of sp³-hybridized carbons (Fsp3) is 0.700. The average molecular weight is 262 g/mol. The van der Waals surface area contributed by atoms with Crippen molar-refractivity contribution in [3.8, 4) is 0 Å². The minimum Gasteiger partial charge on any atom is -0.396 e. The van der Waals surface area contributed by atoms with Crippen molar-refractivity contribution in [3.63, 3.8) is 0 Å². The van der Waals surface area contributed by atoms with E-state index < -0.39 is 10.0 Å². The molecule has 6 nitrogen and oxygen atoms in total. The molecule has 0 saturated heterocycles. The molecule has 2 atom stereocenters. The molecule has 0 aromatic carbocycles. The molecule has 0 aliphatic heterocycles. The van der Waals surface area contributed by atoms with E-state index in [1.807, 2.05) is 0 Å². The van der Waals surface area contributed by atoms with Crippen LogP contribution in [0.3, 0.4) is 0 Å². The zero-order valence-corrected chi connectivity index (χ0v) is 11.0. The van der Waals surface area contributed by atoms with Crippen LogP contribution in [0.15, 0.2) is 10.6 Å². The van der Waals surface area contributed by atoms with E-state index in [1.54, 1.807) is 26.8 Å². The fourth-order valence-corrected chi connectivity index (χ4v) is 2.69. The third-order valence-electron chi connectivity index (χ3n) is 2.52. The summed E-state index contributed by atoms with van der Waals surface area (Å²) in [7, 11) is -3.46. The van der Waals surface area contributed by atoms with Crippen LogP contribution in [0.4, 0.5) is 0 Å². The van der Waals surface area contributed by atoms with Crippen molar-refractivity contribution in [3.05, 3.63) is 17.5 Å². The highest BCUT2D eigenvalue weighted by molar-refractivity contribution is 7.88. The number of rotatable bonds is 6. The topological polar surface area (TPSA) is 92.4 Å². The molecule has 0 amide bonds. The number of aromatic nitrogens is 1. The molecule has 0 aliphatic rings. The van der Waals surface area contributed by atoms with Gasteiger partial charge in [0.2, 0.25) is 10.0 Å². The van der Waals surface area contributed by atoms with Gasteiger partial charge in [-0.2, -0.15) is 0 Å². The molecule has 0 saturated carbocycles. The largest absolute Gasteiger partial charge is 0.396 e. The summed E-state index contributed by atoms with van der Waals surface area (Å²) in [5.41, 5.74) is 0.374. The van der Waals surface area contributed by atoms with E-state index in [-0.39, 0.29) is 24.3 Å². The normalized spacial score (nSPS) is 15.8. The van der Waals surface area contributed by atoms with Crippen LogP contribution in [-0.2, 0) is 15.8 Å². The standard InChI is InChI=1S/C10H18N2O4S/c1-7(5-13)9(3)12-17(14,15)6-10-4-8(2)16-11-10/h4,7,9,12-13H,5-6H2,1-3H3. The van der Waals surface area contributed by atoms with Gasteiger partial charge in [-0.3, -0.25) is 0 Å². The van der Waals surface area contributed by atoms with Crippen molar-refractivity contribution in [2.24, 2.45) is 5.92 Å². The molecular formula is C10H18N2O4S. The van der Waals surface area contributed by atoms with E-state index in [0.717, 1.165) is 0 Å². The summed E-state index contributed by atoms with van der Waals surface area (Å²) in [5, 5.41) is 12.6. The van der Waals surface area contributed by atoms with E-state index in [1.165, 1.54) is 0 Å². The minimum atomic E-state index is -3.46. The number of hydrogen-bond donors (Lipinski definition) is 2. The Morgan fingerprint density at radius 3 is 2.65 bits per heavy atom. The van der Waals surface area contributed by atoms with Gasteiger partial charge in [0, 0.05) is 18.7 Å². The zero-order chi connectivity index (χ0) is 13.1. The average Bonchev–Trinajstić information content (AvgIpc) is 2.60. The molecule has 2 unspecified atom stereocenters. The predicted octanol–water partition coefficient (Wildman–Crippen LogP) is 0.419. The Bertz CT molecular complexity index is 455. The summed E-state index contributed by atoms with van der Waals surface area (Å²) in [6, 6.07) is 1.26. The number of hydrogen-bond acceptors (Lipinski definition) is 5. The Morgan fingerprint density at radius 1 is 1.53 bits per heavy atom. The van der Waals surface area contributed by atoms with Crippen molar-refractivity contribution in [1.29, 1.82) is 0 Å². The fourth-order valence-electron chi connectivity index (χ4n) is 1.28. The Morgan fingerprint density at radius 2 is 2.18 bits per heavy atom. The van der Waals surface area contributed by atoms with Crippen LogP contribution in [0.5, 0.6) is 0 Å². The molecule has 1 aromatic heterocycles. The second-order valence-corrected chi connectivity index (χ2v) is 6.01. The summed E-state index contributed by atoms with van der Waals surface area (Å²) in [6.45, 7) is 5.12. The quantitative estimate of drug-likeness (QED) is 0.775. The second kappa shape index (κ2) is 5.61. The van der Waals surface area contributed by atoms with Crippen LogP contribution < -0.4 is 4.72 Å². The third-order valence-corrected chi connectivity index (χ3v) is 3.93.